The van der Waals surface area contributed by atoms with E-state index in [-0.39, 0.29) is 24.1 Å². The molecule has 0 radical (unpaired) electrons. The molecule has 162 valence electrons. The number of hydrogen-bond acceptors (Lipinski definition) is 3. The number of likely N-dealkylation sites (N-methyl/N-ethyl adjacent to an activating group) is 1. The van der Waals surface area contributed by atoms with Gasteiger partial charge >= 0.3 is 0 Å². The first-order valence-electron chi connectivity index (χ1n) is 9.24. The molecule has 9 heteroatoms. The summed E-state index contributed by atoms with van der Waals surface area (Å²) in [4.78, 5) is 27.1. The Labute approximate surface area is 201 Å². The van der Waals surface area contributed by atoms with E-state index in [0.29, 0.717) is 37.8 Å². The molecule has 0 aliphatic heterocycles. The van der Waals surface area contributed by atoms with Gasteiger partial charge in [0.15, 0.2) is 0 Å². The van der Waals surface area contributed by atoms with Crippen molar-refractivity contribution in [3.63, 3.8) is 0 Å². The molecule has 0 saturated carbocycles. The van der Waals surface area contributed by atoms with Crippen LogP contribution in [0.5, 0.6) is 0 Å². The summed E-state index contributed by atoms with van der Waals surface area (Å²) >= 11 is 26.4. The van der Waals surface area contributed by atoms with Gasteiger partial charge < -0.3 is 10.2 Å². The van der Waals surface area contributed by atoms with E-state index in [4.69, 9.17) is 46.4 Å². The summed E-state index contributed by atoms with van der Waals surface area (Å²) in [6.07, 6.45) is 0.453. The average molecular weight is 508 g/mol. The first kappa shape index (κ1) is 25.2. The molecule has 0 heterocycles. The lowest BCUT2D eigenvalue weighted by atomic mass is 10.1. The van der Waals surface area contributed by atoms with Crippen LogP contribution in [0.2, 0.25) is 20.1 Å². The highest BCUT2D eigenvalue weighted by Crippen LogP contribution is 2.30. The Morgan fingerprint density at radius 2 is 1.47 bits per heavy atom. The lowest BCUT2D eigenvalue weighted by Crippen LogP contribution is -2.48. The van der Waals surface area contributed by atoms with Crippen LogP contribution >= 0.6 is 58.2 Å². The Hall–Kier alpha value is -1.11. The van der Waals surface area contributed by atoms with E-state index in [1.165, 1.54) is 16.7 Å². The zero-order valence-corrected chi connectivity index (χ0v) is 20.4. The summed E-state index contributed by atoms with van der Waals surface area (Å²) in [6.45, 7) is 1.99. The van der Waals surface area contributed by atoms with Gasteiger partial charge in [-0.05, 0) is 36.2 Å². The van der Waals surface area contributed by atoms with Crippen molar-refractivity contribution in [1.82, 2.24) is 10.2 Å². The zero-order chi connectivity index (χ0) is 22.3. The Bertz CT molecular complexity index is 870. The molecule has 4 nitrogen and oxygen atoms in total. The molecule has 1 atom stereocenters. The number of thioether (sulfide) groups is 1. The minimum atomic E-state index is -0.639. The van der Waals surface area contributed by atoms with Crippen molar-refractivity contribution in [2.45, 2.75) is 31.7 Å². The number of nitrogens with zero attached hydrogens (tertiary/aromatic N) is 1. The molecule has 0 saturated heterocycles. The average Bonchev–Trinajstić information content (AvgIpc) is 2.71. The van der Waals surface area contributed by atoms with Crippen LogP contribution in [0, 0.1) is 0 Å². The first-order valence-corrected chi connectivity index (χ1v) is 11.9. The Morgan fingerprint density at radius 1 is 0.967 bits per heavy atom. The Balaban J connectivity index is 2.20. The summed E-state index contributed by atoms with van der Waals surface area (Å²) in [5.41, 5.74) is 1.38. The van der Waals surface area contributed by atoms with Crippen LogP contribution in [0.25, 0.3) is 0 Å². The van der Waals surface area contributed by atoms with Crippen molar-refractivity contribution in [3.8, 4) is 0 Å². The molecule has 0 aliphatic rings. The van der Waals surface area contributed by atoms with Gasteiger partial charge in [0.2, 0.25) is 11.8 Å². The topological polar surface area (TPSA) is 49.4 Å². The normalized spacial score (nSPS) is 11.8. The quantitative estimate of drug-likeness (QED) is 0.447. The second kappa shape index (κ2) is 12.1. The maximum atomic E-state index is 13.1. The number of nitrogens with one attached hydrogen (secondary N) is 1. The van der Waals surface area contributed by atoms with Crippen LogP contribution in [0.4, 0.5) is 0 Å². The first-order chi connectivity index (χ1) is 14.3. The molecule has 1 N–H and O–H groups in total. The molecule has 2 aromatic rings. The zero-order valence-electron chi connectivity index (χ0n) is 16.6. The van der Waals surface area contributed by atoms with Gasteiger partial charge in [-0.15, -0.1) is 11.8 Å². The third kappa shape index (κ3) is 6.44. The fourth-order valence-corrected chi connectivity index (χ4v) is 5.10. The molecule has 2 rings (SSSR count). The van der Waals surface area contributed by atoms with E-state index < -0.39 is 6.04 Å². The van der Waals surface area contributed by atoms with Crippen molar-refractivity contribution in [2.75, 3.05) is 12.8 Å². The van der Waals surface area contributed by atoms with Gasteiger partial charge in [-0.1, -0.05) is 65.5 Å². The molecule has 0 fully saturated rings. The fraction of sp³-hybridized carbons (Fsp3) is 0.333. The highest BCUT2D eigenvalue weighted by molar-refractivity contribution is 7.99. The molecule has 0 aromatic heterocycles. The largest absolute Gasteiger partial charge is 0.357 e. The highest BCUT2D eigenvalue weighted by Gasteiger charge is 2.29. The van der Waals surface area contributed by atoms with Gasteiger partial charge in [0.25, 0.3) is 0 Å². The summed E-state index contributed by atoms with van der Waals surface area (Å²) in [5.74, 6) is 0.182. The number of hydrogen-bond donors (Lipinski definition) is 1. The van der Waals surface area contributed by atoms with Crippen molar-refractivity contribution < 1.29 is 9.59 Å². The van der Waals surface area contributed by atoms with Gasteiger partial charge in [0.05, 0.1) is 5.75 Å². The van der Waals surface area contributed by atoms with Crippen molar-refractivity contribution in [2.24, 2.45) is 0 Å². The molecule has 2 aromatic carbocycles. The van der Waals surface area contributed by atoms with Crippen molar-refractivity contribution >= 4 is 70.0 Å². The van der Waals surface area contributed by atoms with Gasteiger partial charge in [0, 0.05) is 45.0 Å². The van der Waals surface area contributed by atoms with Crippen LogP contribution in [0.15, 0.2) is 36.4 Å². The Kier molecular flexibility index (Phi) is 10.1. The maximum absolute atomic E-state index is 13.1. The lowest BCUT2D eigenvalue weighted by molar-refractivity contribution is -0.139. The monoisotopic (exact) mass is 506 g/mol. The standard InChI is InChI=1S/C21H22Cl4N2O2S/c1-3-19(21(29)26-2)27(10-13-15(22)6-4-7-16(13)23)20(28)12-30-11-14-17(24)8-5-9-18(14)25/h4-9,19H,3,10-12H2,1-2H3,(H,26,29)/t19-/m1/s1. The molecular weight excluding hydrogens is 486 g/mol. The van der Waals surface area contributed by atoms with E-state index in [0.717, 1.165) is 5.56 Å². The van der Waals surface area contributed by atoms with Crippen molar-refractivity contribution in [1.29, 1.82) is 0 Å². The number of benzene rings is 2. The maximum Gasteiger partial charge on any atom is 0.242 e. The molecule has 0 bridgehead atoms. The molecule has 0 spiro atoms. The molecule has 2 amide bonds. The van der Waals surface area contributed by atoms with Gasteiger partial charge in [-0.3, -0.25) is 9.59 Å². The van der Waals surface area contributed by atoms with E-state index in [9.17, 15) is 9.59 Å². The minimum Gasteiger partial charge on any atom is -0.357 e. The van der Waals surface area contributed by atoms with E-state index >= 15 is 0 Å². The SMILES string of the molecule is CC[C@H](C(=O)NC)N(Cc1c(Cl)cccc1Cl)C(=O)CSCc1c(Cl)cccc1Cl. The fourth-order valence-electron chi connectivity index (χ4n) is 2.93. The summed E-state index contributed by atoms with van der Waals surface area (Å²) in [6, 6.07) is 9.80. The van der Waals surface area contributed by atoms with Crippen LogP contribution in [0.3, 0.4) is 0 Å². The lowest BCUT2D eigenvalue weighted by Gasteiger charge is -2.30. The smallest absolute Gasteiger partial charge is 0.242 e. The number of rotatable bonds is 9. The number of carbonyl (C=O) groups is 2. The highest BCUT2D eigenvalue weighted by atomic mass is 35.5. The molecule has 0 aliphatic carbocycles. The second-order valence-corrected chi connectivity index (χ2v) is 9.07. The molecule has 30 heavy (non-hydrogen) atoms. The number of halogens is 4. The van der Waals surface area contributed by atoms with Crippen LogP contribution in [-0.4, -0.2) is 35.6 Å². The summed E-state index contributed by atoms with van der Waals surface area (Å²) < 4.78 is 0. The van der Waals surface area contributed by atoms with Gasteiger partial charge in [0.1, 0.15) is 6.04 Å². The van der Waals surface area contributed by atoms with Crippen LogP contribution < -0.4 is 5.32 Å². The summed E-state index contributed by atoms with van der Waals surface area (Å²) in [7, 11) is 1.55. The van der Waals surface area contributed by atoms with Crippen molar-refractivity contribution in [3.05, 3.63) is 67.6 Å². The third-order valence-electron chi connectivity index (χ3n) is 4.56. The minimum absolute atomic E-state index is 0.136. The van der Waals surface area contributed by atoms with Crippen LogP contribution in [0.1, 0.15) is 24.5 Å². The summed E-state index contributed by atoms with van der Waals surface area (Å²) in [5, 5.41) is 4.63. The predicted octanol–water partition coefficient (Wildman–Crippen LogP) is 6.09. The second-order valence-electron chi connectivity index (χ2n) is 6.45. The predicted molar refractivity (Wildman–Crippen MR) is 128 cm³/mol. The van der Waals surface area contributed by atoms with Crippen LogP contribution in [-0.2, 0) is 21.9 Å². The molecule has 0 unspecified atom stereocenters. The number of amides is 2. The van der Waals surface area contributed by atoms with E-state index in [1.807, 2.05) is 6.92 Å². The van der Waals surface area contributed by atoms with Gasteiger partial charge in [-0.25, -0.2) is 0 Å². The van der Waals surface area contributed by atoms with E-state index in [1.54, 1.807) is 43.4 Å². The van der Waals surface area contributed by atoms with Gasteiger partial charge in [-0.2, -0.15) is 0 Å². The third-order valence-corrected chi connectivity index (χ3v) is 6.92. The van der Waals surface area contributed by atoms with E-state index in [2.05, 4.69) is 5.32 Å². The Morgan fingerprint density at radius 3 is 1.93 bits per heavy atom. The molecular formula is C21H22Cl4N2O2S. The number of carbonyl (C=O) groups excluding carboxylic acids is 2.